The predicted molar refractivity (Wildman–Crippen MR) is 573 cm³/mol. The smallest absolute Gasteiger partial charge is 0.311 e. The van der Waals surface area contributed by atoms with Gasteiger partial charge in [0.25, 0.3) is 0 Å². The van der Waals surface area contributed by atoms with Gasteiger partial charge in [-0.2, -0.15) is 0 Å². The molecule has 7 heteroatoms. The summed E-state index contributed by atoms with van der Waals surface area (Å²) in [6.45, 7) is 65.4. The summed E-state index contributed by atoms with van der Waals surface area (Å²) < 4.78 is 25.8. The average molecular weight is 1810 g/mol. The highest BCUT2D eigenvalue weighted by atomic mass is 32.1. The van der Waals surface area contributed by atoms with Crippen LogP contribution in [0.4, 0.5) is 0 Å². The molecule has 0 amide bonds. The molecule has 0 aromatic heterocycles. The Bertz CT molecular complexity index is 3730. The third-order valence-electron chi connectivity index (χ3n) is 28.3. The molecule has 0 saturated heterocycles. The second kappa shape index (κ2) is 54.4. The summed E-state index contributed by atoms with van der Waals surface area (Å²) in [5.41, 5.74) is 19.7. The number of unbranched alkanes of at least 4 members (excludes halogenated alkanes) is 39. The van der Waals surface area contributed by atoms with Gasteiger partial charge in [0.2, 0.25) is 0 Å². The maximum absolute atomic E-state index is 8.60. The molecule has 3 nitrogen and oxygen atoms in total. The van der Waals surface area contributed by atoms with E-state index in [4.69, 9.17) is 51.5 Å². The van der Waals surface area contributed by atoms with Crippen molar-refractivity contribution in [1.29, 1.82) is 0 Å². The van der Waals surface area contributed by atoms with Gasteiger partial charge in [0.1, 0.15) is 0 Å². The molecule has 0 aliphatic carbocycles. The Kier molecular flexibility index (Phi) is 48.2. The Hall–Kier alpha value is -3.32. The second-order valence-corrected chi connectivity index (χ2v) is 49.3. The molecule has 6 aromatic carbocycles. The highest BCUT2D eigenvalue weighted by molar-refractivity contribution is 7.80. The standard InChI is InChI=1S/C120H195O3PS3/c1-28-31-34-37-40-43-46-49-52-55-58-61-64-67-76-118(97-73-70-91(4)79-100(97)112(10,11)12,109-103(115(19,20)21)82-94(7)85-106(109)125)88-121-124(122-89-119(98-74-71-92(5)80-101(98)113(13,14)15,110-104(116(22,23)24)83-95(8)86-107(110)126)77-68-65-62-59-56-53-50-47-44-41-38-35-32-29-2)123-90-120(99-75-72-93(6)81-102(99)114(16,17)18,111-105(117(25,26)27)84-96(9)87-108(111)127)78-69-66-63-60-57-54-51-48-45-42-39-36-33-30-3/h70-75,79-87,125-127H,28-69,76-78,88-90H2,1-27H3. The van der Waals surface area contributed by atoms with E-state index in [1.165, 1.54) is 331 Å². The molecular weight excluding hydrogens is 1620 g/mol. The van der Waals surface area contributed by atoms with Gasteiger partial charge in [0.05, 0.1) is 19.8 Å². The van der Waals surface area contributed by atoms with Crippen molar-refractivity contribution in [2.24, 2.45) is 0 Å². The first-order valence-corrected chi connectivity index (χ1v) is 54.9. The molecule has 0 N–H and O–H groups in total. The number of aryl methyl sites for hydroxylation is 6. The molecule has 0 bridgehead atoms. The number of benzene rings is 6. The molecule has 0 spiro atoms. The molecule has 127 heavy (non-hydrogen) atoms. The van der Waals surface area contributed by atoms with Crippen molar-refractivity contribution < 1.29 is 13.6 Å². The Labute approximate surface area is 804 Å². The molecule has 0 aliphatic rings. The van der Waals surface area contributed by atoms with Gasteiger partial charge in [0.15, 0.2) is 0 Å². The molecule has 0 fully saturated rings. The molecule has 0 radical (unpaired) electrons. The zero-order valence-corrected chi connectivity index (χ0v) is 91.2. The van der Waals surface area contributed by atoms with Crippen LogP contribution in [0.15, 0.2) is 106 Å². The van der Waals surface area contributed by atoms with E-state index in [0.717, 1.165) is 72.5 Å². The average Bonchev–Trinajstić information content (AvgIpc) is 0.737. The van der Waals surface area contributed by atoms with Crippen molar-refractivity contribution in [1.82, 2.24) is 0 Å². The number of thiol groups is 3. The van der Waals surface area contributed by atoms with Crippen molar-refractivity contribution in [3.05, 3.63) is 191 Å². The summed E-state index contributed by atoms with van der Waals surface area (Å²) in [6.07, 6.45) is 57.2. The van der Waals surface area contributed by atoms with Crippen LogP contribution < -0.4 is 0 Å². The first-order chi connectivity index (χ1) is 59.9. The summed E-state index contributed by atoms with van der Waals surface area (Å²) in [5, 5.41) is 0. The topological polar surface area (TPSA) is 27.7 Å². The van der Waals surface area contributed by atoms with E-state index in [1.54, 1.807) is 0 Å². The van der Waals surface area contributed by atoms with Gasteiger partial charge >= 0.3 is 8.60 Å². The van der Waals surface area contributed by atoms with Crippen LogP contribution in [0, 0.1) is 41.5 Å². The summed E-state index contributed by atoms with van der Waals surface area (Å²) in [5.74, 6) is 0. The van der Waals surface area contributed by atoms with Crippen LogP contribution in [0.3, 0.4) is 0 Å². The summed E-state index contributed by atoms with van der Waals surface area (Å²) in [7, 11) is -2.28. The Balaban J connectivity index is 1.72. The third-order valence-corrected chi connectivity index (χ3v) is 30.3. The van der Waals surface area contributed by atoms with E-state index in [9.17, 15) is 0 Å². The largest absolute Gasteiger partial charge is 0.332 e. The highest BCUT2D eigenvalue weighted by Gasteiger charge is 2.49. The number of rotatable bonds is 60. The zero-order valence-electron chi connectivity index (χ0n) is 87.6. The predicted octanol–water partition coefficient (Wildman–Crippen LogP) is 39.3. The Morgan fingerprint density at radius 2 is 0.370 bits per heavy atom. The van der Waals surface area contributed by atoms with Crippen LogP contribution in [-0.4, -0.2) is 19.8 Å². The number of hydrogen-bond acceptors (Lipinski definition) is 6. The lowest BCUT2D eigenvalue weighted by Crippen LogP contribution is -2.41. The third kappa shape index (κ3) is 35.4. The van der Waals surface area contributed by atoms with E-state index >= 15 is 0 Å². The fraction of sp³-hybridized carbons (Fsp3) is 0.700. The van der Waals surface area contributed by atoms with E-state index in [2.05, 4.69) is 278 Å². The normalized spacial score (nSPS) is 14.4. The van der Waals surface area contributed by atoms with Gasteiger partial charge < -0.3 is 13.6 Å². The molecule has 3 atom stereocenters. The molecule has 6 aromatic rings. The van der Waals surface area contributed by atoms with Crippen LogP contribution in [0.2, 0.25) is 0 Å². The molecule has 0 aliphatic heterocycles. The van der Waals surface area contributed by atoms with Crippen molar-refractivity contribution in [2.45, 2.75) is 539 Å². The van der Waals surface area contributed by atoms with Crippen molar-refractivity contribution in [3.8, 4) is 0 Å². The lowest BCUT2D eigenvalue weighted by Gasteiger charge is -2.45. The van der Waals surface area contributed by atoms with Gasteiger partial charge in [-0.05, 0) is 195 Å². The van der Waals surface area contributed by atoms with Crippen molar-refractivity contribution in [3.63, 3.8) is 0 Å². The minimum Gasteiger partial charge on any atom is -0.311 e. The molecule has 0 saturated carbocycles. The van der Waals surface area contributed by atoms with E-state index in [1.807, 2.05) is 0 Å². The summed E-state index contributed by atoms with van der Waals surface area (Å²) in [4.78, 5) is 3.08. The maximum Gasteiger partial charge on any atom is 0.332 e. The second-order valence-electron chi connectivity index (χ2n) is 46.6. The van der Waals surface area contributed by atoms with Gasteiger partial charge in [-0.1, -0.05) is 505 Å². The van der Waals surface area contributed by atoms with Crippen molar-refractivity contribution in [2.75, 3.05) is 19.8 Å². The van der Waals surface area contributed by atoms with Gasteiger partial charge in [-0.3, -0.25) is 0 Å². The number of hydrogen-bond donors (Lipinski definition) is 3. The van der Waals surface area contributed by atoms with Crippen LogP contribution in [0.1, 0.15) is 534 Å². The van der Waals surface area contributed by atoms with Crippen LogP contribution in [0.5, 0.6) is 0 Å². The van der Waals surface area contributed by atoms with E-state index < -0.39 is 24.8 Å². The molecule has 716 valence electrons. The lowest BCUT2D eigenvalue weighted by atomic mass is 9.63. The Morgan fingerprint density at radius 3 is 0.543 bits per heavy atom. The van der Waals surface area contributed by atoms with Gasteiger partial charge in [-0.25, -0.2) is 0 Å². The minimum absolute atomic E-state index is 0.229. The minimum atomic E-state index is -2.28. The lowest BCUT2D eigenvalue weighted by molar-refractivity contribution is 0.104. The fourth-order valence-corrected chi connectivity index (χ4v) is 23.8. The highest BCUT2D eigenvalue weighted by Crippen LogP contribution is 2.58. The summed E-state index contributed by atoms with van der Waals surface area (Å²) >= 11 is 17.6. The first kappa shape index (κ1) is 112. The van der Waals surface area contributed by atoms with E-state index in [-0.39, 0.29) is 32.5 Å². The summed E-state index contributed by atoms with van der Waals surface area (Å²) in [6, 6.07) is 36.9. The van der Waals surface area contributed by atoms with Crippen LogP contribution in [0.25, 0.3) is 0 Å². The maximum atomic E-state index is 8.60. The van der Waals surface area contributed by atoms with Crippen LogP contribution in [-0.2, 0) is 62.3 Å². The quantitative estimate of drug-likeness (QED) is 0.0202. The monoisotopic (exact) mass is 1810 g/mol. The molecule has 0 heterocycles. The first-order valence-electron chi connectivity index (χ1n) is 52.5. The molecule has 6 rings (SSSR count). The molecular formula is C120H195O3PS3. The van der Waals surface area contributed by atoms with Gasteiger partial charge in [-0.15, -0.1) is 37.9 Å². The fourth-order valence-electron chi connectivity index (χ4n) is 21.0. The van der Waals surface area contributed by atoms with E-state index in [0.29, 0.717) is 19.8 Å². The molecule has 3 unspecified atom stereocenters. The Morgan fingerprint density at radius 1 is 0.205 bits per heavy atom. The van der Waals surface area contributed by atoms with Crippen molar-refractivity contribution >= 4 is 46.5 Å². The SMILES string of the molecule is CCCCCCCCCCCCCCCCC(COP(OCC(CCCCCCCCCCCCCCCC)(c1ccc(C)cc1C(C)(C)C)c1c(S)cc(C)cc1C(C)(C)C)OCC(CCCCCCCCCCCCCCCC)(c1ccc(C)cc1C(C)(C)C)c1c(S)cc(C)cc1C(C)(C)C)(c1ccc(C)cc1C(C)(C)C)c1c(S)cc(C)cc1C(C)(C)C. The van der Waals surface area contributed by atoms with Crippen LogP contribution >= 0.6 is 46.5 Å². The van der Waals surface area contributed by atoms with Gasteiger partial charge in [0, 0.05) is 30.9 Å². The zero-order chi connectivity index (χ0) is 93.9.